The Labute approximate surface area is 126 Å². The fourth-order valence-electron chi connectivity index (χ4n) is 3.14. The van der Waals surface area contributed by atoms with Gasteiger partial charge in [-0.05, 0) is 30.7 Å². The maximum Gasteiger partial charge on any atom is 0.253 e. The molecule has 2 atom stereocenters. The fraction of sp³-hybridized carbons (Fsp3) is 0.400. The minimum Gasteiger partial charge on any atom is -0.370 e. The van der Waals surface area contributed by atoms with Crippen LogP contribution in [0.1, 0.15) is 28.5 Å². The van der Waals surface area contributed by atoms with Gasteiger partial charge in [0.2, 0.25) is 0 Å². The lowest BCUT2D eigenvalue weighted by Crippen LogP contribution is -2.49. The molecular formula is C15H15FN4O2. The number of carbonyl (C=O) groups excluding carboxylic acids is 1. The Balaban J connectivity index is 1.56. The zero-order chi connectivity index (χ0) is 15.1. The molecule has 22 heavy (non-hydrogen) atoms. The van der Waals surface area contributed by atoms with Crippen molar-refractivity contribution in [2.45, 2.75) is 25.2 Å². The van der Waals surface area contributed by atoms with Crippen LogP contribution >= 0.6 is 0 Å². The maximum absolute atomic E-state index is 13.0. The molecular weight excluding hydrogens is 287 g/mol. The Morgan fingerprint density at radius 3 is 2.95 bits per heavy atom. The van der Waals surface area contributed by atoms with E-state index in [0.717, 1.165) is 12.1 Å². The van der Waals surface area contributed by atoms with Crippen LogP contribution in [0.3, 0.4) is 0 Å². The van der Waals surface area contributed by atoms with Crippen LogP contribution < -0.4 is 0 Å². The van der Waals surface area contributed by atoms with Crippen molar-refractivity contribution in [1.82, 2.24) is 19.9 Å². The van der Waals surface area contributed by atoms with Crippen LogP contribution in [0.15, 0.2) is 30.5 Å². The number of benzene rings is 1. The molecule has 6 nitrogen and oxygen atoms in total. The van der Waals surface area contributed by atoms with Gasteiger partial charge in [0.1, 0.15) is 5.82 Å². The zero-order valence-corrected chi connectivity index (χ0v) is 11.9. The Hall–Kier alpha value is -2.28. The summed E-state index contributed by atoms with van der Waals surface area (Å²) in [6.45, 7) is 1.67. The van der Waals surface area contributed by atoms with E-state index in [2.05, 4.69) is 10.3 Å². The first-order chi connectivity index (χ1) is 10.7. The lowest BCUT2D eigenvalue weighted by molar-refractivity contribution is -0.0605. The highest BCUT2D eigenvalue weighted by molar-refractivity contribution is 5.94. The molecule has 2 aliphatic heterocycles. The summed E-state index contributed by atoms with van der Waals surface area (Å²) >= 11 is 0. The van der Waals surface area contributed by atoms with E-state index >= 15 is 0 Å². The molecule has 1 amide bonds. The number of amides is 1. The molecule has 7 heteroatoms. The quantitative estimate of drug-likeness (QED) is 0.799. The Bertz CT molecular complexity index is 700. The van der Waals surface area contributed by atoms with E-state index < -0.39 is 0 Å². The van der Waals surface area contributed by atoms with Gasteiger partial charge in [-0.1, -0.05) is 5.21 Å². The van der Waals surface area contributed by atoms with Crippen molar-refractivity contribution in [2.24, 2.45) is 0 Å². The summed E-state index contributed by atoms with van der Waals surface area (Å²) < 4.78 is 20.7. The van der Waals surface area contributed by atoms with Crippen LogP contribution in [-0.4, -0.2) is 45.0 Å². The van der Waals surface area contributed by atoms with Crippen molar-refractivity contribution >= 4 is 5.91 Å². The highest BCUT2D eigenvalue weighted by Crippen LogP contribution is 2.30. The van der Waals surface area contributed by atoms with E-state index in [1.54, 1.807) is 11.1 Å². The molecule has 0 N–H and O–H groups in total. The Kier molecular flexibility index (Phi) is 3.15. The molecule has 114 valence electrons. The summed E-state index contributed by atoms with van der Waals surface area (Å²) in [5, 5.41) is 8.04. The standard InChI is InChI=1S/C15H15FN4O2/c16-11-3-1-10(2-4-11)15(21)19-6-5-14-13(8-19)20-12(9-22-14)7-17-18-20/h1-4,7,13-14H,5-6,8-9H2/t13-,14-/m1/s1. The predicted molar refractivity (Wildman–Crippen MR) is 74.6 cm³/mol. The number of aromatic nitrogens is 3. The molecule has 4 rings (SSSR count). The Morgan fingerprint density at radius 2 is 2.14 bits per heavy atom. The van der Waals surface area contributed by atoms with Gasteiger partial charge in [0.05, 0.1) is 30.6 Å². The normalized spacial score (nSPS) is 23.8. The average molecular weight is 302 g/mol. The lowest BCUT2D eigenvalue weighted by Gasteiger charge is -2.41. The first kappa shape index (κ1) is 13.4. The monoisotopic (exact) mass is 302 g/mol. The minimum absolute atomic E-state index is 0.00982. The van der Waals surface area contributed by atoms with Crippen LogP contribution in [0, 0.1) is 5.82 Å². The molecule has 0 saturated carbocycles. The van der Waals surface area contributed by atoms with Gasteiger partial charge < -0.3 is 9.64 Å². The third kappa shape index (κ3) is 2.18. The molecule has 0 radical (unpaired) electrons. The van der Waals surface area contributed by atoms with E-state index in [4.69, 9.17) is 4.74 Å². The number of hydrogen-bond acceptors (Lipinski definition) is 4. The summed E-state index contributed by atoms with van der Waals surface area (Å²) in [7, 11) is 0. The van der Waals surface area contributed by atoms with Gasteiger partial charge in [-0.25, -0.2) is 9.07 Å². The molecule has 0 aliphatic carbocycles. The summed E-state index contributed by atoms with van der Waals surface area (Å²) in [4.78, 5) is 14.3. The number of rotatable bonds is 1. The van der Waals surface area contributed by atoms with E-state index in [0.29, 0.717) is 25.3 Å². The first-order valence-corrected chi connectivity index (χ1v) is 7.28. The number of carbonyl (C=O) groups is 1. The zero-order valence-electron chi connectivity index (χ0n) is 11.9. The van der Waals surface area contributed by atoms with Crippen LogP contribution in [0.2, 0.25) is 0 Å². The van der Waals surface area contributed by atoms with E-state index in [-0.39, 0.29) is 23.9 Å². The molecule has 1 aromatic heterocycles. The summed E-state index contributed by atoms with van der Waals surface area (Å²) in [6, 6.07) is 5.63. The second kappa shape index (κ2) is 5.17. The van der Waals surface area contributed by atoms with E-state index in [9.17, 15) is 9.18 Å². The SMILES string of the molecule is O=C(c1ccc(F)cc1)N1CC[C@H]2OCc3cnnn3[C@@H]2C1. The smallest absolute Gasteiger partial charge is 0.253 e. The number of ether oxygens (including phenoxy) is 1. The lowest BCUT2D eigenvalue weighted by atomic mass is 9.99. The van der Waals surface area contributed by atoms with Crippen molar-refractivity contribution in [3.63, 3.8) is 0 Å². The molecule has 0 bridgehead atoms. The Morgan fingerprint density at radius 1 is 1.32 bits per heavy atom. The predicted octanol–water partition coefficient (Wildman–Crippen LogP) is 1.40. The molecule has 2 aliphatic rings. The molecule has 0 spiro atoms. The number of hydrogen-bond donors (Lipinski definition) is 0. The van der Waals surface area contributed by atoms with Crippen molar-refractivity contribution in [1.29, 1.82) is 0 Å². The number of fused-ring (bicyclic) bond motifs is 3. The number of nitrogens with zero attached hydrogens (tertiary/aromatic N) is 4. The molecule has 2 aromatic rings. The summed E-state index contributed by atoms with van der Waals surface area (Å²) in [6.07, 6.45) is 2.51. The van der Waals surface area contributed by atoms with Crippen LogP contribution in [0.5, 0.6) is 0 Å². The molecule has 0 unspecified atom stereocenters. The third-order valence-corrected chi connectivity index (χ3v) is 4.31. The van der Waals surface area contributed by atoms with Crippen molar-refractivity contribution in [3.05, 3.63) is 47.5 Å². The molecule has 3 heterocycles. The van der Waals surface area contributed by atoms with Gasteiger partial charge in [0.15, 0.2) is 0 Å². The molecule has 1 fully saturated rings. The molecule has 1 aromatic carbocycles. The highest BCUT2D eigenvalue weighted by atomic mass is 19.1. The maximum atomic E-state index is 13.0. The van der Waals surface area contributed by atoms with Crippen molar-refractivity contribution in [2.75, 3.05) is 13.1 Å². The number of likely N-dealkylation sites (tertiary alicyclic amines) is 1. The van der Waals surface area contributed by atoms with Gasteiger partial charge in [0.25, 0.3) is 5.91 Å². The first-order valence-electron chi connectivity index (χ1n) is 7.28. The van der Waals surface area contributed by atoms with Gasteiger partial charge in [-0.2, -0.15) is 0 Å². The average Bonchev–Trinajstić information content (AvgIpc) is 3.03. The van der Waals surface area contributed by atoms with Crippen molar-refractivity contribution in [3.8, 4) is 0 Å². The van der Waals surface area contributed by atoms with Gasteiger partial charge in [-0.3, -0.25) is 4.79 Å². The summed E-state index contributed by atoms with van der Waals surface area (Å²) in [5.41, 5.74) is 1.42. The van der Waals surface area contributed by atoms with Gasteiger partial charge >= 0.3 is 0 Å². The van der Waals surface area contributed by atoms with E-state index in [1.165, 1.54) is 24.3 Å². The number of halogens is 1. The summed E-state index contributed by atoms with van der Waals surface area (Å²) in [5.74, 6) is -0.436. The van der Waals surface area contributed by atoms with Crippen LogP contribution in [0.25, 0.3) is 0 Å². The second-order valence-corrected chi connectivity index (χ2v) is 5.63. The minimum atomic E-state index is -0.344. The number of piperidine rings is 1. The van der Waals surface area contributed by atoms with Crippen molar-refractivity contribution < 1.29 is 13.9 Å². The third-order valence-electron chi connectivity index (χ3n) is 4.31. The van der Waals surface area contributed by atoms with Crippen LogP contribution in [0.4, 0.5) is 4.39 Å². The molecule has 1 saturated heterocycles. The van der Waals surface area contributed by atoms with Gasteiger partial charge in [0, 0.05) is 18.7 Å². The van der Waals surface area contributed by atoms with E-state index in [1.807, 2.05) is 4.68 Å². The highest BCUT2D eigenvalue weighted by Gasteiger charge is 2.37. The second-order valence-electron chi connectivity index (χ2n) is 5.63. The largest absolute Gasteiger partial charge is 0.370 e. The fourth-order valence-corrected chi connectivity index (χ4v) is 3.14. The van der Waals surface area contributed by atoms with Crippen LogP contribution in [-0.2, 0) is 11.3 Å². The van der Waals surface area contributed by atoms with Gasteiger partial charge in [-0.15, -0.1) is 5.10 Å². The topological polar surface area (TPSA) is 60.3 Å².